The number of rotatable bonds is 8. The second kappa shape index (κ2) is 11.5. The number of amides is 1. The van der Waals surface area contributed by atoms with Gasteiger partial charge < -0.3 is 19.3 Å². The van der Waals surface area contributed by atoms with Crippen LogP contribution < -0.4 is 14.5 Å². The van der Waals surface area contributed by atoms with Gasteiger partial charge in [-0.2, -0.15) is 0 Å². The van der Waals surface area contributed by atoms with E-state index in [1.165, 1.54) is 12.8 Å². The van der Waals surface area contributed by atoms with Gasteiger partial charge in [-0.3, -0.25) is 14.7 Å². The maximum Gasteiger partial charge on any atom is 0.339 e. The third-order valence-electron chi connectivity index (χ3n) is 6.16. The third kappa shape index (κ3) is 5.78. The summed E-state index contributed by atoms with van der Waals surface area (Å²) in [4.78, 5) is 36.6. The van der Waals surface area contributed by atoms with Gasteiger partial charge in [-0.1, -0.05) is 24.3 Å². The fraction of sp³-hybridized carbons (Fsp3) is 0.296. The summed E-state index contributed by atoms with van der Waals surface area (Å²) in [6.07, 6.45) is 1.58. The molecule has 3 aromatic rings. The number of piperazine rings is 1. The van der Waals surface area contributed by atoms with Gasteiger partial charge in [0.05, 0.1) is 25.5 Å². The summed E-state index contributed by atoms with van der Waals surface area (Å²) in [5, 5.41) is 0. The van der Waals surface area contributed by atoms with Gasteiger partial charge >= 0.3 is 5.97 Å². The zero-order chi connectivity index (χ0) is 24.6. The molecule has 2 aromatic carbocycles. The van der Waals surface area contributed by atoms with Crippen molar-refractivity contribution in [1.29, 1.82) is 0 Å². The van der Waals surface area contributed by atoms with E-state index in [4.69, 9.17) is 9.47 Å². The van der Waals surface area contributed by atoms with Gasteiger partial charge in [-0.15, -0.1) is 0 Å². The van der Waals surface area contributed by atoms with Crippen LogP contribution in [0.25, 0.3) is 0 Å². The summed E-state index contributed by atoms with van der Waals surface area (Å²) in [5.74, 6) is -0.257. The number of hydrogen-bond acceptors (Lipinski definition) is 7. The highest BCUT2D eigenvalue weighted by molar-refractivity contribution is 6.08. The molecular formula is C27H30N4O4. The smallest absolute Gasteiger partial charge is 0.339 e. The molecule has 2 heterocycles. The van der Waals surface area contributed by atoms with E-state index in [1.807, 2.05) is 6.07 Å². The lowest BCUT2D eigenvalue weighted by molar-refractivity contribution is 0.0601. The Morgan fingerprint density at radius 2 is 1.69 bits per heavy atom. The topological polar surface area (TPSA) is 75.2 Å². The minimum atomic E-state index is -0.516. The molecule has 0 atom stereocenters. The van der Waals surface area contributed by atoms with Gasteiger partial charge in [-0.25, -0.2) is 4.79 Å². The Hall–Kier alpha value is -3.91. The van der Waals surface area contributed by atoms with E-state index in [-0.39, 0.29) is 5.91 Å². The monoisotopic (exact) mass is 474 g/mol. The van der Waals surface area contributed by atoms with Crippen LogP contribution in [0, 0.1) is 0 Å². The lowest BCUT2D eigenvalue weighted by atomic mass is 10.1. The highest BCUT2D eigenvalue weighted by Gasteiger charge is 2.26. The van der Waals surface area contributed by atoms with Gasteiger partial charge in [-0.05, 0) is 36.4 Å². The first kappa shape index (κ1) is 24.2. The minimum absolute atomic E-state index is 0.285. The van der Waals surface area contributed by atoms with E-state index in [1.54, 1.807) is 54.6 Å². The molecule has 1 fully saturated rings. The van der Waals surface area contributed by atoms with Gasteiger partial charge in [0.25, 0.3) is 5.91 Å². The molecule has 0 spiro atoms. The van der Waals surface area contributed by atoms with Crippen molar-refractivity contribution in [2.45, 2.75) is 0 Å². The van der Waals surface area contributed by atoms with Crippen molar-refractivity contribution in [1.82, 2.24) is 9.88 Å². The number of nitrogens with zero attached hydrogens (tertiary/aromatic N) is 4. The molecule has 0 unspecified atom stereocenters. The molecule has 0 saturated carbocycles. The van der Waals surface area contributed by atoms with Crippen molar-refractivity contribution in [3.8, 4) is 5.75 Å². The third-order valence-corrected chi connectivity index (χ3v) is 6.16. The predicted molar refractivity (Wildman–Crippen MR) is 135 cm³/mol. The van der Waals surface area contributed by atoms with Crippen LogP contribution in [0.15, 0.2) is 72.9 Å². The highest BCUT2D eigenvalue weighted by Crippen LogP contribution is 2.28. The maximum absolute atomic E-state index is 13.6. The summed E-state index contributed by atoms with van der Waals surface area (Å²) >= 11 is 0. The van der Waals surface area contributed by atoms with Crippen molar-refractivity contribution < 1.29 is 19.1 Å². The average Bonchev–Trinajstić information content (AvgIpc) is 2.93. The van der Waals surface area contributed by atoms with Crippen LogP contribution in [0.2, 0.25) is 0 Å². The maximum atomic E-state index is 13.6. The summed E-state index contributed by atoms with van der Waals surface area (Å²) < 4.78 is 10.4. The van der Waals surface area contributed by atoms with E-state index in [0.717, 1.165) is 26.2 Å². The lowest BCUT2D eigenvalue weighted by Crippen LogP contribution is -2.49. The van der Waals surface area contributed by atoms with Crippen molar-refractivity contribution in [3.05, 3.63) is 84.2 Å². The normalized spacial score (nSPS) is 13.8. The molecule has 182 valence electrons. The van der Waals surface area contributed by atoms with Crippen LogP contribution in [0.3, 0.4) is 0 Å². The van der Waals surface area contributed by atoms with Gasteiger partial charge in [0.1, 0.15) is 11.4 Å². The second-order valence-electron chi connectivity index (χ2n) is 8.21. The summed E-state index contributed by atoms with van der Waals surface area (Å²) in [5.41, 5.74) is 2.26. The Bertz CT molecular complexity index is 1130. The number of pyridine rings is 1. The van der Waals surface area contributed by atoms with Crippen molar-refractivity contribution >= 4 is 23.3 Å². The zero-order valence-corrected chi connectivity index (χ0v) is 20.1. The van der Waals surface area contributed by atoms with Gasteiger partial charge in [0.2, 0.25) is 0 Å². The molecule has 8 heteroatoms. The molecule has 0 bridgehead atoms. The number of ether oxygens (including phenoxy) is 2. The van der Waals surface area contributed by atoms with E-state index in [0.29, 0.717) is 35.8 Å². The molecule has 35 heavy (non-hydrogen) atoms. The SMILES string of the molecule is COC(=O)c1ccc(OC)cc1N(CCN1CCN(c2ccccc2)CC1)C(=O)c1ccccn1. The molecule has 1 aliphatic heterocycles. The molecule has 4 rings (SSSR count). The number of anilines is 2. The van der Waals surface area contributed by atoms with Gasteiger partial charge in [0.15, 0.2) is 0 Å². The number of para-hydroxylation sites is 1. The lowest BCUT2D eigenvalue weighted by Gasteiger charge is -2.37. The Labute approximate surface area is 205 Å². The molecule has 1 saturated heterocycles. The second-order valence-corrected chi connectivity index (χ2v) is 8.21. The van der Waals surface area contributed by atoms with Crippen LogP contribution in [-0.2, 0) is 4.74 Å². The molecule has 0 aliphatic carbocycles. The molecule has 0 N–H and O–H groups in total. The fourth-order valence-corrected chi connectivity index (χ4v) is 4.21. The first-order valence-electron chi connectivity index (χ1n) is 11.6. The Morgan fingerprint density at radius 3 is 2.34 bits per heavy atom. The quantitative estimate of drug-likeness (QED) is 0.464. The average molecular weight is 475 g/mol. The van der Waals surface area contributed by atoms with Crippen LogP contribution in [0.4, 0.5) is 11.4 Å². The number of methoxy groups -OCH3 is 2. The molecule has 1 amide bonds. The van der Waals surface area contributed by atoms with Gasteiger partial charge in [0, 0.05) is 57.2 Å². The standard InChI is InChI=1S/C27H30N4O4/c1-34-22-11-12-23(27(33)35-2)25(20-22)31(26(32)24-10-6-7-13-28-24)19-16-29-14-17-30(18-15-29)21-8-4-3-5-9-21/h3-13,20H,14-19H2,1-2H3. The summed E-state index contributed by atoms with van der Waals surface area (Å²) in [6.45, 7) is 4.61. The number of carbonyl (C=O) groups excluding carboxylic acids is 2. The highest BCUT2D eigenvalue weighted by atomic mass is 16.5. The Kier molecular flexibility index (Phi) is 7.95. The van der Waals surface area contributed by atoms with Crippen LogP contribution in [-0.4, -0.2) is 75.2 Å². The number of benzene rings is 2. The number of esters is 1. The van der Waals surface area contributed by atoms with Crippen LogP contribution in [0.1, 0.15) is 20.8 Å². The van der Waals surface area contributed by atoms with Crippen molar-refractivity contribution in [2.75, 3.05) is 63.3 Å². The molecule has 1 aliphatic rings. The Balaban J connectivity index is 1.55. The zero-order valence-electron chi connectivity index (χ0n) is 20.1. The predicted octanol–water partition coefficient (Wildman–Crippen LogP) is 3.35. The minimum Gasteiger partial charge on any atom is -0.497 e. The summed E-state index contributed by atoms with van der Waals surface area (Å²) in [6, 6.07) is 20.6. The fourth-order valence-electron chi connectivity index (χ4n) is 4.21. The molecular weight excluding hydrogens is 444 g/mol. The molecule has 8 nitrogen and oxygen atoms in total. The van der Waals surface area contributed by atoms with E-state index < -0.39 is 5.97 Å². The molecule has 1 aromatic heterocycles. The van der Waals surface area contributed by atoms with Crippen LogP contribution >= 0.6 is 0 Å². The van der Waals surface area contributed by atoms with Crippen molar-refractivity contribution in [3.63, 3.8) is 0 Å². The van der Waals surface area contributed by atoms with E-state index in [9.17, 15) is 9.59 Å². The Morgan fingerprint density at radius 1 is 0.943 bits per heavy atom. The van der Waals surface area contributed by atoms with Crippen molar-refractivity contribution in [2.24, 2.45) is 0 Å². The first-order chi connectivity index (χ1) is 17.1. The largest absolute Gasteiger partial charge is 0.497 e. The number of carbonyl (C=O) groups is 2. The number of aromatic nitrogens is 1. The number of hydrogen-bond donors (Lipinski definition) is 0. The van der Waals surface area contributed by atoms with E-state index >= 15 is 0 Å². The summed E-state index contributed by atoms with van der Waals surface area (Å²) in [7, 11) is 2.88. The molecule has 0 radical (unpaired) electrons. The van der Waals surface area contributed by atoms with E-state index in [2.05, 4.69) is 39.0 Å². The first-order valence-corrected chi connectivity index (χ1v) is 11.6. The van der Waals surface area contributed by atoms with Crippen LogP contribution in [0.5, 0.6) is 5.75 Å².